The molecule has 0 aliphatic carbocycles. The molecule has 9 heteroatoms. The van der Waals surface area contributed by atoms with Crippen molar-refractivity contribution in [1.29, 1.82) is 0 Å². The lowest BCUT2D eigenvalue weighted by Crippen LogP contribution is -2.37. The third kappa shape index (κ3) is 3.96. The van der Waals surface area contributed by atoms with Gasteiger partial charge < -0.3 is 24.7 Å². The van der Waals surface area contributed by atoms with Crippen LogP contribution in [0, 0.1) is 10.1 Å². The normalized spacial score (nSPS) is 11.4. The molecular weight excluding hydrogens is 284 g/mol. The summed E-state index contributed by atoms with van der Waals surface area (Å²) < 4.78 is 19.7. The minimum Gasteiger partial charge on any atom is -0.493 e. The van der Waals surface area contributed by atoms with E-state index in [9.17, 15) is 14.9 Å². The van der Waals surface area contributed by atoms with Crippen LogP contribution in [-0.2, 0) is 9.53 Å². The number of nitro groups is 1. The number of nitro benzene ring substituents is 1. The smallest absolute Gasteiger partial charge is 0.326 e. The fraction of sp³-hybridized carbons (Fsp3) is 0.417. The van der Waals surface area contributed by atoms with Gasteiger partial charge in [-0.25, -0.2) is 0 Å². The van der Waals surface area contributed by atoms with E-state index in [2.05, 4.69) is 4.74 Å². The van der Waals surface area contributed by atoms with Gasteiger partial charge in [0.25, 0.3) is 0 Å². The van der Waals surface area contributed by atoms with E-state index in [0.717, 1.165) is 6.07 Å². The summed E-state index contributed by atoms with van der Waals surface area (Å²) in [5, 5.41) is 11.0. The Morgan fingerprint density at radius 2 is 1.81 bits per heavy atom. The molecule has 0 aromatic heterocycles. The van der Waals surface area contributed by atoms with Crippen LogP contribution >= 0.6 is 0 Å². The maximum absolute atomic E-state index is 11.2. The van der Waals surface area contributed by atoms with Crippen LogP contribution in [0.5, 0.6) is 17.2 Å². The van der Waals surface area contributed by atoms with Crippen molar-refractivity contribution in [2.75, 3.05) is 27.9 Å². The Balaban J connectivity index is 3.04. The minimum absolute atomic E-state index is 0.0861. The van der Waals surface area contributed by atoms with Crippen LogP contribution in [0.4, 0.5) is 5.69 Å². The van der Waals surface area contributed by atoms with Crippen molar-refractivity contribution in [2.45, 2.75) is 6.04 Å². The summed E-state index contributed by atoms with van der Waals surface area (Å²) in [6, 6.07) is 1.40. The fourth-order valence-corrected chi connectivity index (χ4v) is 1.51. The fourth-order valence-electron chi connectivity index (χ4n) is 1.51. The summed E-state index contributed by atoms with van der Waals surface area (Å²) >= 11 is 0. The molecule has 2 N–H and O–H groups in total. The number of rotatable bonds is 7. The van der Waals surface area contributed by atoms with E-state index < -0.39 is 16.9 Å². The Morgan fingerprint density at radius 1 is 1.24 bits per heavy atom. The molecule has 0 aliphatic heterocycles. The molecule has 1 atom stereocenters. The monoisotopic (exact) mass is 300 g/mol. The first-order chi connectivity index (χ1) is 9.94. The Kier molecular flexibility index (Phi) is 5.73. The number of ether oxygens (including phenoxy) is 4. The molecule has 0 saturated heterocycles. The summed E-state index contributed by atoms with van der Waals surface area (Å²) in [4.78, 5) is 21.6. The zero-order valence-corrected chi connectivity index (χ0v) is 11.8. The van der Waals surface area contributed by atoms with Crippen molar-refractivity contribution in [3.63, 3.8) is 0 Å². The van der Waals surface area contributed by atoms with Gasteiger partial charge in [0.15, 0.2) is 11.5 Å². The Hall–Kier alpha value is -2.55. The summed E-state index contributed by atoms with van der Waals surface area (Å²) in [5.41, 5.74) is 5.17. The first-order valence-electron chi connectivity index (χ1n) is 5.81. The summed E-state index contributed by atoms with van der Waals surface area (Å²) in [6.45, 7) is -0.275. The molecule has 0 fully saturated rings. The van der Waals surface area contributed by atoms with Crippen molar-refractivity contribution in [3.8, 4) is 17.2 Å². The second-order valence-electron chi connectivity index (χ2n) is 3.87. The minimum atomic E-state index is -1.05. The number of carbonyl (C=O) groups is 1. The van der Waals surface area contributed by atoms with Crippen LogP contribution in [0.3, 0.4) is 0 Å². The lowest BCUT2D eigenvalue weighted by Gasteiger charge is -2.13. The van der Waals surface area contributed by atoms with Gasteiger partial charge in [0.05, 0.1) is 32.3 Å². The van der Waals surface area contributed by atoms with Gasteiger partial charge in [0, 0.05) is 6.07 Å². The quantitative estimate of drug-likeness (QED) is 0.438. The highest BCUT2D eigenvalue weighted by molar-refractivity contribution is 5.75. The van der Waals surface area contributed by atoms with Crippen LogP contribution in [0.25, 0.3) is 0 Å². The molecule has 1 aromatic rings. The molecule has 0 amide bonds. The summed E-state index contributed by atoms with van der Waals surface area (Å²) in [5.74, 6) is -0.325. The topological polar surface area (TPSA) is 123 Å². The van der Waals surface area contributed by atoms with Gasteiger partial charge in [0.1, 0.15) is 12.6 Å². The first kappa shape index (κ1) is 16.5. The van der Waals surface area contributed by atoms with E-state index in [0.29, 0.717) is 0 Å². The third-order valence-corrected chi connectivity index (χ3v) is 2.58. The number of carbonyl (C=O) groups excluding carboxylic acids is 1. The van der Waals surface area contributed by atoms with E-state index in [-0.39, 0.29) is 29.5 Å². The predicted octanol–water partition coefficient (Wildman–Crippen LogP) is 0.491. The summed E-state index contributed by atoms with van der Waals surface area (Å²) in [6.07, 6.45) is 0. The standard InChI is InChI=1S/C12H16N2O7/c1-18-10-4-8(14(16)17)9(5-11(10)19-2)21-6-7(13)12(15)20-3/h4-5,7H,6,13H2,1-3H3. The van der Waals surface area contributed by atoms with Gasteiger partial charge in [-0.1, -0.05) is 0 Å². The molecule has 0 saturated carbocycles. The number of hydrogen-bond acceptors (Lipinski definition) is 8. The van der Waals surface area contributed by atoms with Crippen molar-refractivity contribution in [2.24, 2.45) is 5.73 Å². The largest absolute Gasteiger partial charge is 0.493 e. The van der Waals surface area contributed by atoms with E-state index in [1.165, 1.54) is 27.4 Å². The van der Waals surface area contributed by atoms with Gasteiger partial charge in [-0.2, -0.15) is 0 Å². The van der Waals surface area contributed by atoms with E-state index >= 15 is 0 Å². The molecular formula is C12H16N2O7. The first-order valence-corrected chi connectivity index (χ1v) is 5.81. The van der Waals surface area contributed by atoms with Crippen LogP contribution in [0.15, 0.2) is 12.1 Å². The molecule has 0 spiro atoms. The number of nitrogens with two attached hydrogens (primary N) is 1. The van der Waals surface area contributed by atoms with E-state index in [4.69, 9.17) is 19.9 Å². The van der Waals surface area contributed by atoms with Crippen LogP contribution < -0.4 is 19.9 Å². The predicted molar refractivity (Wildman–Crippen MR) is 71.7 cm³/mol. The average molecular weight is 300 g/mol. The highest BCUT2D eigenvalue weighted by Crippen LogP contribution is 2.39. The highest BCUT2D eigenvalue weighted by Gasteiger charge is 2.23. The van der Waals surface area contributed by atoms with Crippen molar-refractivity contribution >= 4 is 11.7 Å². The molecule has 21 heavy (non-hydrogen) atoms. The van der Waals surface area contributed by atoms with Crippen molar-refractivity contribution in [1.82, 2.24) is 0 Å². The van der Waals surface area contributed by atoms with Crippen molar-refractivity contribution in [3.05, 3.63) is 22.2 Å². The molecule has 116 valence electrons. The SMILES string of the molecule is COC(=O)C(N)COc1cc(OC)c(OC)cc1[N+](=O)[O-]. The second kappa shape index (κ2) is 7.29. The van der Waals surface area contributed by atoms with Crippen molar-refractivity contribution < 1.29 is 28.7 Å². The van der Waals surface area contributed by atoms with Gasteiger partial charge in [-0.05, 0) is 0 Å². The lowest BCUT2D eigenvalue weighted by molar-refractivity contribution is -0.386. The van der Waals surface area contributed by atoms with Gasteiger partial charge in [-0.3, -0.25) is 14.9 Å². The Morgan fingerprint density at radius 3 is 2.29 bits per heavy atom. The molecule has 9 nitrogen and oxygen atoms in total. The highest BCUT2D eigenvalue weighted by atomic mass is 16.6. The molecule has 0 aliphatic rings. The lowest BCUT2D eigenvalue weighted by atomic mass is 10.2. The summed E-state index contributed by atoms with van der Waals surface area (Å²) in [7, 11) is 3.92. The van der Waals surface area contributed by atoms with E-state index in [1.807, 2.05) is 0 Å². The number of nitrogens with zero attached hydrogens (tertiary/aromatic N) is 1. The van der Waals surface area contributed by atoms with E-state index in [1.54, 1.807) is 0 Å². The average Bonchev–Trinajstić information content (AvgIpc) is 2.50. The van der Waals surface area contributed by atoms with Gasteiger partial charge >= 0.3 is 11.7 Å². The number of hydrogen-bond donors (Lipinski definition) is 1. The number of benzene rings is 1. The molecule has 0 bridgehead atoms. The third-order valence-electron chi connectivity index (χ3n) is 2.58. The van der Waals surface area contributed by atoms with Crippen LogP contribution in [0.1, 0.15) is 0 Å². The molecule has 1 unspecified atom stereocenters. The molecule has 1 rings (SSSR count). The maximum atomic E-state index is 11.2. The molecule has 0 radical (unpaired) electrons. The van der Waals surface area contributed by atoms with Gasteiger partial charge in [0.2, 0.25) is 5.75 Å². The molecule has 1 aromatic carbocycles. The van der Waals surface area contributed by atoms with Crippen LogP contribution in [0.2, 0.25) is 0 Å². The second-order valence-corrected chi connectivity index (χ2v) is 3.87. The zero-order chi connectivity index (χ0) is 16.0. The maximum Gasteiger partial charge on any atom is 0.326 e. The Labute approximate surface area is 120 Å². The number of methoxy groups -OCH3 is 3. The van der Waals surface area contributed by atoms with Gasteiger partial charge in [-0.15, -0.1) is 0 Å². The van der Waals surface area contributed by atoms with Crippen LogP contribution in [-0.4, -0.2) is 44.9 Å². The number of esters is 1. The zero-order valence-electron chi connectivity index (χ0n) is 11.8. The Bertz CT molecular complexity index is 533. The molecule has 0 heterocycles.